The van der Waals surface area contributed by atoms with Gasteiger partial charge < -0.3 is 9.30 Å². The molecular formula is C25H20FN5O3. The van der Waals surface area contributed by atoms with Crippen LogP contribution < -0.4 is 11.0 Å². The number of nitrogens with zero attached hydrogens (tertiary/aromatic N) is 5. The molecular weight excluding hydrogens is 437 g/mol. The van der Waals surface area contributed by atoms with Crippen molar-refractivity contribution in [2.24, 2.45) is 4.99 Å². The van der Waals surface area contributed by atoms with Gasteiger partial charge in [-0.25, -0.2) is 9.37 Å². The molecule has 0 spiro atoms. The number of hydrogen-bond acceptors (Lipinski definition) is 5. The molecule has 8 nitrogen and oxygen atoms in total. The fourth-order valence-corrected chi connectivity index (χ4v) is 4.25. The third kappa shape index (κ3) is 3.68. The van der Waals surface area contributed by atoms with Crippen LogP contribution in [0.15, 0.2) is 58.4 Å². The molecule has 1 fully saturated rings. The molecule has 4 aromatic rings. The average Bonchev–Trinajstić information content (AvgIpc) is 3.35. The Morgan fingerprint density at radius 2 is 2.12 bits per heavy atom. The molecule has 1 aliphatic heterocycles. The molecule has 0 radical (unpaired) electrons. The highest BCUT2D eigenvalue weighted by molar-refractivity contribution is 5.95. The summed E-state index contributed by atoms with van der Waals surface area (Å²) >= 11 is 0. The van der Waals surface area contributed by atoms with Crippen molar-refractivity contribution in [3.63, 3.8) is 0 Å². The highest BCUT2D eigenvalue weighted by Crippen LogP contribution is 2.18. The van der Waals surface area contributed by atoms with E-state index in [1.807, 2.05) is 19.1 Å². The monoisotopic (exact) mass is 457 g/mol. The highest BCUT2D eigenvalue weighted by Gasteiger charge is 2.22. The number of benzene rings is 1. The minimum atomic E-state index is -0.830. The normalized spacial score (nSPS) is 16.3. The minimum absolute atomic E-state index is 0.0155. The fourth-order valence-electron chi connectivity index (χ4n) is 4.25. The van der Waals surface area contributed by atoms with E-state index in [0.29, 0.717) is 12.3 Å². The van der Waals surface area contributed by atoms with Crippen LogP contribution in [0.5, 0.6) is 0 Å². The van der Waals surface area contributed by atoms with E-state index < -0.39 is 11.7 Å². The summed E-state index contributed by atoms with van der Waals surface area (Å²) in [6.07, 6.45) is 3.07. The van der Waals surface area contributed by atoms with Crippen molar-refractivity contribution in [2.45, 2.75) is 32.4 Å². The number of aryl methyl sites for hydroxylation is 1. The van der Waals surface area contributed by atoms with Crippen molar-refractivity contribution < 1.29 is 13.9 Å². The molecule has 1 aliphatic rings. The van der Waals surface area contributed by atoms with Crippen LogP contribution in [-0.2, 0) is 11.3 Å². The van der Waals surface area contributed by atoms with E-state index in [-0.39, 0.29) is 45.9 Å². The largest absolute Gasteiger partial charge is 0.376 e. The van der Waals surface area contributed by atoms with Crippen LogP contribution in [0.3, 0.4) is 0 Å². The number of nitriles is 1. The molecule has 0 bridgehead atoms. The van der Waals surface area contributed by atoms with Crippen LogP contribution in [0.2, 0.25) is 0 Å². The first-order valence-corrected chi connectivity index (χ1v) is 10.9. The van der Waals surface area contributed by atoms with Gasteiger partial charge in [0.05, 0.1) is 29.2 Å². The lowest BCUT2D eigenvalue weighted by Gasteiger charge is -2.17. The maximum Gasteiger partial charge on any atom is 0.281 e. The summed E-state index contributed by atoms with van der Waals surface area (Å²) in [6, 6.07) is 12.5. The summed E-state index contributed by atoms with van der Waals surface area (Å²) in [5.74, 6) is -1.54. The van der Waals surface area contributed by atoms with Crippen molar-refractivity contribution in [3.8, 4) is 6.07 Å². The second kappa shape index (κ2) is 8.65. The Hall–Kier alpha value is -4.16. The predicted octanol–water partition coefficient (Wildman–Crippen LogP) is 2.89. The smallest absolute Gasteiger partial charge is 0.281 e. The number of ether oxygens (including phenoxy) is 1. The minimum Gasteiger partial charge on any atom is -0.376 e. The van der Waals surface area contributed by atoms with Gasteiger partial charge in [-0.2, -0.15) is 10.3 Å². The SMILES string of the molecule is Cc1cccn2c(=O)c3cc(C#N)c(=NC(=O)c4ccccc4F)n(CC4CCCO4)c3nc12. The summed E-state index contributed by atoms with van der Waals surface area (Å²) < 4.78 is 23.0. The first kappa shape index (κ1) is 21.7. The molecule has 5 rings (SSSR count). The van der Waals surface area contributed by atoms with Crippen molar-refractivity contribution in [3.05, 3.63) is 87.0 Å². The molecule has 1 aromatic carbocycles. The van der Waals surface area contributed by atoms with Gasteiger partial charge >= 0.3 is 0 Å². The number of hydrogen-bond donors (Lipinski definition) is 0. The van der Waals surface area contributed by atoms with Crippen LogP contribution >= 0.6 is 0 Å². The molecule has 1 unspecified atom stereocenters. The average molecular weight is 457 g/mol. The van der Waals surface area contributed by atoms with Crippen LogP contribution in [0.25, 0.3) is 16.7 Å². The third-order valence-electron chi connectivity index (χ3n) is 5.95. The summed E-state index contributed by atoms with van der Waals surface area (Å²) in [5, 5.41) is 10.1. The Morgan fingerprint density at radius 1 is 1.29 bits per heavy atom. The molecule has 1 saturated heterocycles. The van der Waals surface area contributed by atoms with E-state index in [9.17, 15) is 19.2 Å². The summed E-state index contributed by atoms with van der Waals surface area (Å²) in [4.78, 5) is 35.1. The topological polar surface area (TPSA) is 102 Å². The number of amides is 1. The van der Waals surface area contributed by atoms with Gasteiger partial charge in [-0.3, -0.25) is 14.0 Å². The fraction of sp³-hybridized carbons (Fsp3) is 0.240. The lowest BCUT2D eigenvalue weighted by atomic mass is 10.1. The van der Waals surface area contributed by atoms with Gasteiger partial charge in [-0.15, -0.1) is 0 Å². The van der Waals surface area contributed by atoms with Crippen LogP contribution in [0.1, 0.15) is 34.3 Å². The molecule has 1 atom stereocenters. The molecule has 1 amide bonds. The number of carbonyl (C=O) groups is 1. The van der Waals surface area contributed by atoms with Gasteiger partial charge in [0.1, 0.15) is 23.2 Å². The summed E-state index contributed by atoms with van der Waals surface area (Å²) in [7, 11) is 0. The zero-order valence-electron chi connectivity index (χ0n) is 18.4. The lowest BCUT2D eigenvalue weighted by molar-refractivity contribution is 0.0951. The molecule has 0 aliphatic carbocycles. The standard InChI is InChI=1S/C25H20FN5O3/c1-15-6-4-10-30-21(15)28-23-19(25(30)33)12-16(13-27)22(31(23)14-17-7-5-11-34-17)29-24(32)18-8-2-3-9-20(18)26/h2-4,6,8-10,12,17H,5,7,11,14H2,1H3. The van der Waals surface area contributed by atoms with E-state index in [1.54, 1.807) is 16.8 Å². The zero-order valence-corrected chi connectivity index (χ0v) is 18.4. The molecule has 34 heavy (non-hydrogen) atoms. The Morgan fingerprint density at radius 3 is 2.85 bits per heavy atom. The van der Waals surface area contributed by atoms with Crippen molar-refractivity contribution in [2.75, 3.05) is 6.61 Å². The van der Waals surface area contributed by atoms with E-state index in [4.69, 9.17) is 9.72 Å². The number of halogens is 1. The maximum atomic E-state index is 14.2. The Kier molecular flexibility index (Phi) is 5.51. The number of aromatic nitrogens is 3. The van der Waals surface area contributed by atoms with Gasteiger partial charge in [0.15, 0.2) is 5.49 Å². The number of rotatable bonds is 3. The second-order valence-electron chi connectivity index (χ2n) is 8.17. The Balaban J connectivity index is 1.86. The van der Waals surface area contributed by atoms with Crippen molar-refractivity contribution in [1.82, 2.24) is 14.0 Å². The predicted molar refractivity (Wildman–Crippen MR) is 122 cm³/mol. The van der Waals surface area contributed by atoms with Crippen LogP contribution in [0.4, 0.5) is 4.39 Å². The lowest BCUT2D eigenvalue weighted by Crippen LogP contribution is -2.33. The molecule has 9 heteroatoms. The van der Waals surface area contributed by atoms with E-state index in [2.05, 4.69) is 4.99 Å². The zero-order chi connectivity index (χ0) is 23.8. The summed E-state index contributed by atoms with van der Waals surface area (Å²) in [6.45, 7) is 2.68. The third-order valence-corrected chi connectivity index (χ3v) is 5.95. The Bertz CT molecular complexity index is 1620. The van der Waals surface area contributed by atoms with Crippen molar-refractivity contribution in [1.29, 1.82) is 5.26 Å². The van der Waals surface area contributed by atoms with E-state index in [1.165, 1.54) is 34.7 Å². The summed E-state index contributed by atoms with van der Waals surface area (Å²) in [5.41, 5.74) is 1.01. The molecule has 170 valence electrons. The molecule has 4 heterocycles. The quantitative estimate of drug-likeness (QED) is 0.440. The molecule has 0 saturated carbocycles. The second-order valence-corrected chi connectivity index (χ2v) is 8.17. The Labute approximate surface area is 193 Å². The van der Waals surface area contributed by atoms with Gasteiger partial charge in [0.2, 0.25) is 0 Å². The first-order valence-electron chi connectivity index (χ1n) is 10.9. The van der Waals surface area contributed by atoms with Crippen molar-refractivity contribution >= 4 is 22.6 Å². The van der Waals surface area contributed by atoms with Gasteiger partial charge in [-0.05, 0) is 49.6 Å². The van der Waals surface area contributed by atoms with Crippen LogP contribution in [0, 0.1) is 24.1 Å². The van der Waals surface area contributed by atoms with Gasteiger partial charge in [0.25, 0.3) is 11.5 Å². The van der Waals surface area contributed by atoms with Gasteiger partial charge in [0, 0.05) is 12.8 Å². The van der Waals surface area contributed by atoms with E-state index >= 15 is 0 Å². The highest BCUT2D eigenvalue weighted by atomic mass is 19.1. The van der Waals surface area contributed by atoms with Crippen LogP contribution in [-0.4, -0.2) is 32.6 Å². The molecule has 3 aromatic heterocycles. The van der Waals surface area contributed by atoms with E-state index in [0.717, 1.165) is 18.4 Å². The maximum absolute atomic E-state index is 14.2. The first-order chi connectivity index (χ1) is 16.5. The number of fused-ring (bicyclic) bond motifs is 2. The van der Waals surface area contributed by atoms with Gasteiger partial charge in [-0.1, -0.05) is 18.2 Å². The number of pyridine rings is 2. The number of carbonyl (C=O) groups excluding carboxylic acids is 1. The molecule has 0 N–H and O–H groups in total.